The minimum absolute atomic E-state index is 0.237. The van der Waals surface area contributed by atoms with Gasteiger partial charge in [-0.3, -0.25) is 9.69 Å². The van der Waals surface area contributed by atoms with Crippen molar-refractivity contribution in [3.63, 3.8) is 0 Å². The number of hydrogen-bond donors (Lipinski definition) is 1. The van der Waals surface area contributed by atoms with Crippen molar-refractivity contribution < 1.29 is 23.1 Å². The molecule has 8 heteroatoms. The Morgan fingerprint density at radius 2 is 1.88 bits per heavy atom. The summed E-state index contributed by atoms with van der Waals surface area (Å²) in [5, 5.41) is 2.78. The first-order valence-electron chi connectivity index (χ1n) is 11.0. The van der Waals surface area contributed by atoms with Crippen LogP contribution in [0, 0.1) is 6.92 Å². The van der Waals surface area contributed by atoms with Gasteiger partial charge in [-0.05, 0) is 47.9 Å². The van der Waals surface area contributed by atoms with E-state index in [0.717, 1.165) is 17.1 Å². The second-order valence-electron chi connectivity index (χ2n) is 8.15. The highest BCUT2D eigenvalue weighted by atomic mass is 16.7. The number of furan rings is 1. The number of carbonyl (C=O) groups excluding carboxylic acids is 1. The van der Waals surface area contributed by atoms with Gasteiger partial charge in [0.25, 0.3) is 5.91 Å². The van der Waals surface area contributed by atoms with Gasteiger partial charge in [0.05, 0.1) is 19.4 Å². The number of hydrogen-bond acceptors (Lipinski definition) is 7. The number of ether oxygens (including phenoxy) is 2. The summed E-state index contributed by atoms with van der Waals surface area (Å²) in [5.41, 5.74) is 3.75. The van der Waals surface area contributed by atoms with Crippen LogP contribution in [-0.2, 0) is 26.2 Å². The van der Waals surface area contributed by atoms with Crippen LogP contribution < -0.4 is 14.8 Å². The summed E-state index contributed by atoms with van der Waals surface area (Å²) in [6.07, 6.45) is 2.96. The minimum Gasteiger partial charge on any atom is -0.467 e. The molecule has 0 atom stereocenters. The van der Waals surface area contributed by atoms with Gasteiger partial charge in [0, 0.05) is 13.1 Å². The zero-order valence-corrected chi connectivity index (χ0v) is 18.8. The van der Waals surface area contributed by atoms with Crippen LogP contribution in [0.1, 0.15) is 38.8 Å². The minimum atomic E-state index is -0.312. The molecule has 5 rings (SSSR count). The average Bonchev–Trinajstić information content (AvgIpc) is 3.61. The maximum atomic E-state index is 12.5. The predicted molar refractivity (Wildman–Crippen MR) is 123 cm³/mol. The quantitative estimate of drug-likeness (QED) is 0.396. The molecule has 0 radical (unpaired) electrons. The van der Waals surface area contributed by atoms with E-state index in [0.29, 0.717) is 31.3 Å². The van der Waals surface area contributed by atoms with E-state index in [9.17, 15) is 4.79 Å². The lowest BCUT2D eigenvalue weighted by Crippen LogP contribution is -2.24. The lowest BCUT2D eigenvalue weighted by atomic mass is 10.1. The van der Waals surface area contributed by atoms with Gasteiger partial charge in [-0.1, -0.05) is 30.3 Å². The Labute approximate surface area is 197 Å². The zero-order valence-electron chi connectivity index (χ0n) is 18.8. The molecule has 0 aliphatic carbocycles. The molecule has 2 aromatic carbocycles. The monoisotopic (exact) mass is 459 g/mol. The Hall–Kier alpha value is -4.04. The lowest BCUT2D eigenvalue weighted by Gasteiger charge is -2.22. The van der Waals surface area contributed by atoms with Gasteiger partial charge < -0.3 is 23.6 Å². The first-order valence-corrected chi connectivity index (χ1v) is 11.0. The van der Waals surface area contributed by atoms with Crippen molar-refractivity contribution >= 4 is 5.91 Å². The number of nitrogens with zero attached hydrogens (tertiary/aromatic N) is 2. The second-order valence-corrected chi connectivity index (χ2v) is 8.15. The molecule has 1 N–H and O–H groups in total. The Balaban J connectivity index is 1.30. The molecule has 2 aromatic heterocycles. The van der Waals surface area contributed by atoms with Gasteiger partial charge in [0.15, 0.2) is 17.2 Å². The first-order chi connectivity index (χ1) is 16.6. The third kappa shape index (κ3) is 5.13. The van der Waals surface area contributed by atoms with Gasteiger partial charge in [0.1, 0.15) is 12.0 Å². The summed E-state index contributed by atoms with van der Waals surface area (Å²) in [5.74, 6) is 2.34. The third-order valence-corrected chi connectivity index (χ3v) is 5.64. The van der Waals surface area contributed by atoms with Crippen molar-refractivity contribution in [3.8, 4) is 11.5 Å². The Kier molecular flexibility index (Phi) is 6.31. The SMILES string of the molecule is Cc1ccccc1CN(Cc1ccc2c(c1)OCO2)Cc1nc(C(=O)NCc2ccco2)co1. The molecule has 0 fully saturated rings. The van der Waals surface area contributed by atoms with Crippen molar-refractivity contribution in [2.75, 3.05) is 6.79 Å². The molecule has 0 saturated heterocycles. The fourth-order valence-corrected chi connectivity index (χ4v) is 3.84. The van der Waals surface area contributed by atoms with Crippen LogP contribution in [0.3, 0.4) is 0 Å². The summed E-state index contributed by atoms with van der Waals surface area (Å²) in [6, 6.07) is 17.8. The van der Waals surface area contributed by atoms with E-state index >= 15 is 0 Å². The highest BCUT2D eigenvalue weighted by Gasteiger charge is 2.18. The van der Waals surface area contributed by atoms with E-state index in [1.54, 1.807) is 18.4 Å². The standard InChI is InChI=1S/C26H25N3O5/c1-18-5-2-3-6-20(18)14-29(13-19-8-9-23-24(11-19)34-17-33-23)15-25-28-22(16-32-25)26(30)27-12-21-7-4-10-31-21/h2-11,16H,12-15,17H2,1H3,(H,27,30). The summed E-state index contributed by atoms with van der Waals surface area (Å²) in [6.45, 7) is 4.41. The Morgan fingerprint density at radius 1 is 1.00 bits per heavy atom. The van der Waals surface area contributed by atoms with Crippen LogP contribution in [0.2, 0.25) is 0 Å². The Morgan fingerprint density at radius 3 is 2.74 bits per heavy atom. The summed E-state index contributed by atoms with van der Waals surface area (Å²) < 4.78 is 21.9. The summed E-state index contributed by atoms with van der Waals surface area (Å²) in [7, 11) is 0. The molecule has 1 amide bonds. The van der Waals surface area contributed by atoms with Crippen molar-refractivity contribution in [3.05, 3.63) is 101 Å². The van der Waals surface area contributed by atoms with E-state index in [1.807, 2.05) is 30.3 Å². The Bertz CT molecular complexity index is 1270. The van der Waals surface area contributed by atoms with Gasteiger partial charge in [0.2, 0.25) is 12.7 Å². The van der Waals surface area contributed by atoms with Crippen LogP contribution in [0.25, 0.3) is 0 Å². The van der Waals surface area contributed by atoms with Crippen LogP contribution >= 0.6 is 0 Å². The largest absolute Gasteiger partial charge is 0.467 e. The molecular weight excluding hydrogens is 434 g/mol. The van der Waals surface area contributed by atoms with Crippen LogP contribution in [0.4, 0.5) is 0 Å². The van der Waals surface area contributed by atoms with Crippen molar-refractivity contribution in [2.24, 2.45) is 0 Å². The molecule has 174 valence electrons. The molecule has 8 nitrogen and oxygen atoms in total. The molecule has 0 bridgehead atoms. The van der Waals surface area contributed by atoms with E-state index in [4.69, 9.17) is 18.3 Å². The number of benzene rings is 2. The number of aryl methyl sites for hydroxylation is 1. The third-order valence-electron chi connectivity index (χ3n) is 5.64. The maximum Gasteiger partial charge on any atom is 0.273 e. The molecule has 1 aliphatic rings. The molecule has 1 aliphatic heterocycles. The number of amides is 1. The van der Waals surface area contributed by atoms with Crippen molar-refractivity contribution in [2.45, 2.75) is 33.1 Å². The number of aromatic nitrogens is 1. The smallest absolute Gasteiger partial charge is 0.273 e. The topological polar surface area (TPSA) is 90.0 Å². The zero-order chi connectivity index (χ0) is 23.3. The number of rotatable bonds is 9. The summed E-state index contributed by atoms with van der Waals surface area (Å²) in [4.78, 5) is 19.1. The molecule has 0 unspecified atom stereocenters. The van der Waals surface area contributed by atoms with E-state index in [-0.39, 0.29) is 24.9 Å². The van der Waals surface area contributed by atoms with Gasteiger partial charge in [-0.2, -0.15) is 0 Å². The molecular formula is C26H25N3O5. The highest BCUT2D eigenvalue weighted by Crippen LogP contribution is 2.33. The molecule has 4 aromatic rings. The van der Waals surface area contributed by atoms with Crippen LogP contribution in [0.15, 0.2) is 76.0 Å². The molecule has 34 heavy (non-hydrogen) atoms. The predicted octanol–water partition coefficient (Wildman–Crippen LogP) is 4.44. The number of nitrogens with one attached hydrogen (secondary N) is 1. The molecule has 0 saturated carbocycles. The van der Waals surface area contributed by atoms with Crippen molar-refractivity contribution in [1.82, 2.24) is 15.2 Å². The molecule has 3 heterocycles. The summed E-state index contributed by atoms with van der Waals surface area (Å²) >= 11 is 0. The normalized spacial score (nSPS) is 12.3. The van der Waals surface area contributed by atoms with E-state index in [2.05, 4.69) is 34.3 Å². The first kappa shape index (κ1) is 21.8. The fourth-order valence-electron chi connectivity index (χ4n) is 3.84. The van der Waals surface area contributed by atoms with Crippen LogP contribution in [0.5, 0.6) is 11.5 Å². The van der Waals surface area contributed by atoms with Gasteiger partial charge in [-0.15, -0.1) is 0 Å². The van der Waals surface area contributed by atoms with Gasteiger partial charge >= 0.3 is 0 Å². The second kappa shape index (κ2) is 9.84. The fraction of sp³-hybridized carbons (Fsp3) is 0.231. The number of oxazole rings is 1. The van der Waals surface area contributed by atoms with Crippen LogP contribution in [-0.4, -0.2) is 22.6 Å². The molecule has 0 spiro atoms. The number of carbonyl (C=O) groups is 1. The van der Waals surface area contributed by atoms with E-state index in [1.165, 1.54) is 17.4 Å². The van der Waals surface area contributed by atoms with Crippen molar-refractivity contribution in [1.29, 1.82) is 0 Å². The van der Waals surface area contributed by atoms with Gasteiger partial charge in [-0.25, -0.2) is 4.98 Å². The maximum absolute atomic E-state index is 12.5. The highest BCUT2D eigenvalue weighted by molar-refractivity contribution is 5.91. The lowest BCUT2D eigenvalue weighted by molar-refractivity contribution is 0.0943. The number of fused-ring (bicyclic) bond motifs is 1. The average molecular weight is 460 g/mol. The van der Waals surface area contributed by atoms with E-state index < -0.39 is 0 Å².